The molecular weight excluding hydrogens is 274 g/mol. The molecule has 0 spiro atoms. The van der Waals surface area contributed by atoms with Crippen LogP contribution in [0.1, 0.15) is 24.0 Å². The van der Waals surface area contributed by atoms with Gasteiger partial charge in [0.25, 0.3) is 0 Å². The number of nitrogens with zero attached hydrogens (tertiary/aromatic N) is 1. The van der Waals surface area contributed by atoms with Gasteiger partial charge in [-0.3, -0.25) is 0 Å². The van der Waals surface area contributed by atoms with Gasteiger partial charge in [-0.15, -0.1) is 0 Å². The molecule has 1 heterocycles. The van der Waals surface area contributed by atoms with Crippen molar-refractivity contribution in [1.82, 2.24) is 0 Å². The van der Waals surface area contributed by atoms with Crippen molar-refractivity contribution >= 4 is 22.7 Å². The molecule has 1 fully saturated rings. The lowest BCUT2D eigenvalue weighted by Gasteiger charge is -2.19. The average molecular weight is 297 g/mol. The van der Waals surface area contributed by atoms with Crippen molar-refractivity contribution in [2.24, 2.45) is 0 Å². The van der Waals surface area contributed by atoms with Crippen LogP contribution < -0.4 is 16.0 Å². The highest BCUT2D eigenvalue weighted by atomic mass is 16.3. The van der Waals surface area contributed by atoms with Crippen LogP contribution in [0.25, 0.3) is 0 Å². The molecule has 2 aromatic carbocycles. The first-order valence-electron chi connectivity index (χ1n) is 7.77. The maximum atomic E-state index is 9.88. The molecule has 0 aliphatic carbocycles. The van der Waals surface area contributed by atoms with Gasteiger partial charge in [-0.05, 0) is 68.1 Å². The molecule has 0 aromatic heterocycles. The van der Waals surface area contributed by atoms with E-state index in [2.05, 4.69) is 34.5 Å². The molecular formula is C18H23N3O. The second-order valence-electron chi connectivity index (χ2n) is 5.99. The zero-order valence-electron chi connectivity index (χ0n) is 13.2. The van der Waals surface area contributed by atoms with Gasteiger partial charge >= 0.3 is 0 Å². The van der Waals surface area contributed by atoms with Crippen LogP contribution in [0.2, 0.25) is 0 Å². The third kappa shape index (κ3) is 2.69. The lowest BCUT2D eigenvalue weighted by molar-refractivity contribution is 0.473. The van der Waals surface area contributed by atoms with Crippen molar-refractivity contribution in [2.75, 3.05) is 29.0 Å². The number of aromatic hydroxyl groups is 1. The molecule has 0 amide bonds. The summed E-state index contributed by atoms with van der Waals surface area (Å²) in [7, 11) is 0. The minimum Gasteiger partial charge on any atom is -0.506 e. The molecule has 1 saturated heterocycles. The minimum absolute atomic E-state index is 0.174. The Balaban J connectivity index is 1.81. The molecule has 0 radical (unpaired) electrons. The lowest BCUT2D eigenvalue weighted by atomic mass is 10.1. The summed E-state index contributed by atoms with van der Waals surface area (Å²) in [6.45, 7) is 6.07. The average Bonchev–Trinajstić information content (AvgIpc) is 3.05. The molecule has 4 N–H and O–H groups in total. The van der Waals surface area contributed by atoms with Crippen LogP contribution in [0.3, 0.4) is 0 Å². The van der Waals surface area contributed by atoms with Crippen molar-refractivity contribution in [3.05, 3.63) is 41.5 Å². The molecule has 3 rings (SSSR count). The van der Waals surface area contributed by atoms with Gasteiger partial charge in [0, 0.05) is 30.2 Å². The SMILES string of the molecule is Cc1cc(Nc2ccc(N3CCCC3)cc2)c(C)c(N)c1O. The van der Waals surface area contributed by atoms with Crippen molar-refractivity contribution < 1.29 is 5.11 Å². The Hall–Kier alpha value is -2.36. The van der Waals surface area contributed by atoms with E-state index in [1.54, 1.807) is 0 Å². The number of phenols is 1. The van der Waals surface area contributed by atoms with Gasteiger partial charge in [0.15, 0.2) is 0 Å². The van der Waals surface area contributed by atoms with Crippen LogP contribution in [0.4, 0.5) is 22.7 Å². The summed E-state index contributed by atoms with van der Waals surface area (Å²) in [4.78, 5) is 2.41. The molecule has 2 aromatic rings. The maximum Gasteiger partial charge on any atom is 0.141 e. The first-order valence-corrected chi connectivity index (χ1v) is 7.77. The van der Waals surface area contributed by atoms with E-state index in [0.717, 1.165) is 35.6 Å². The predicted octanol–water partition coefficient (Wildman–Crippen LogP) is 3.94. The molecule has 116 valence electrons. The van der Waals surface area contributed by atoms with E-state index in [1.165, 1.54) is 18.5 Å². The van der Waals surface area contributed by atoms with Crippen LogP contribution in [0, 0.1) is 13.8 Å². The van der Waals surface area contributed by atoms with Gasteiger partial charge in [0.2, 0.25) is 0 Å². The second-order valence-corrected chi connectivity index (χ2v) is 5.99. The Labute approximate surface area is 131 Å². The Morgan fingerprint density at radius 2 is 1.73 bits per heavy atom. The third-order valence-electron chi connectivity index (χ3n) is 4.42. The van der Waals surface area contributed by atoms with E-state index in [1.807, 2.05) is 19.9 Å². The smallest absolute Gasteiger partial charge is 0.141 e. The van der Waals surface area contributed by atoms with E-state index in [0.29, 0.717) is 5.69 Å². The monoisotopic (exact) mass is 297 g/mol. The summed E-state index contributed by atoms with van der Waals surface area (Å²) in [6.07, 6.45) is 2.57. The van der Waals surface area contributed by atoms with Gasteiger partial charge in [-0.25, -0.2) is 0 Å². The van der Waals surface area contributed by atoms with Crippen molar-refractivity contribution in [3.63, 3.8) is 0 Å². The number of anilines is 4. The number of benzene rings is 2. The number of nitrogens with one attached hydrogen (secondary N) is 1. The zero-order chi connectivity index (χ0) is 15.7. The largest absolute Gasteiger partial charge is 0.506 e. The van der Waals surface area contributed by atoms with Crippen molar-refractivity contribution in [2.45, 2.75) is 26.7 Å². The van der Waals surface area contributed by atoms with E-state index in [-0.39, 0.29) is 5.75 Å². The van der Waals surface area contributed by atoms with Crippen molar-refractivity contribution in [3.8, 4) is 5.75 Å². The third-order valence-corrected chi connectivity index (χ3v) is 4.42. The fraction of sp³-hybridized carbons (Fsp3) is 0.333. The summed E-state index contributed by atoms with van der Waals surface area (Å²) in [6, 6.07) is 10.4. The molecule has 0 atom stereocenters. The summed E-state index contributed by atoms with van der Waals surface area (Å²) < 4.78 is 0. The summed E-state index contributed by atoms with van der Waals surface area (Å²) in [5.74, 6) is 0.174. The normalized spacial score (nSPS) is 14.4. The quantitative estimate of drug-likeness (QED) is 0.456. The fourth-order valence-corrected chi connectivity index (χ4v) is 2.94. The van der Waals surface area contributed by atoms with Gasteiger partial charge in [-0.1, -0.05) is 0 Å². The Kier molecular flexibility index (Phi) is 3.84. The molecule has 0 saturated carbocycles. The van der Waals surface area contributed by atoms with E-state index in [9.17, 15) is 5.11 Å². The molecule has 1 aliphatic heterocycles. The van der Waals surface area contributed by atoms with E-state index in [4.69, 9.17) is 5.73 Å². The van der Waals surface area contributed by atoms with Crippen LogP contribution >= 0.6 is 0 Å². The lowest BCUT2D eigenvalue weighted by Crippen LogP contribution is -2.17. The molecule has 4 nitrogen and oxygen atoms in total. The summed E-state index contributed by atoms with van der Waals surface area (Å²) >= 11 is 0. The predicted molar refractivity (Wildman–Crippen MR) is 93.2 cm³/mol. The van der Waals surface area contributed by atoms with Crippen molar-refractivity contribution in [1.29, 1.82) is 0 Å². The fourth-order valence-electron chi connectivity index (χ4n) is 2.94. The highest BCUT2D eigenvalue weighted by molar-refractivity contribution is 5.75. The topological polar surface area (TPSA) is 61.5 Å². The van der Waals surface area contributed by atoms with Crippen LogP contribution in [-0.4, -0.2) is 18.2 Å². The van der Waals surface area contributed by atoms with Crippen LogP contribution in [0.15, 0.2) is 30.3 Å². The number of phenolic OH excluding ortho intramolecular Hbond substituents is 1. The minimum atomic E-state index is 0.174. The molecule has 0 unspecified atom stereocenters. The highest BCUT2D eigenvalue weighted by Gasteiger charge is 2.13. The van der Waals surface area contributed by atoms with Gasteiger partial charge in [0.05, 0.1) is 5.69 Å². The number of hydrogen-bond donors (Lipinski definition) is 3. The Bertz CT molecular complexity index is 674. The molecule has 4 heteroatoms. The molecule has 22 heavy (non-hydrogen) atoms. The van der Waals surface area contributed by atoms with Gasteiger partial charge in [-0.2, -0.15) is 0 Å². The number of rotatable bonds is 3. The summed E-state index contributed by atoms with van der Waals surface area (Å²) in [5, 5.41) is 13.3. The standard InChI is InChI=1S/C18H23N3O/c1-12-11-16(13(2)17(19)18(12)22)20-14-5-7-15(8-6-14)21-9-3-4-10-21/h5-8,11,20,22H,3-4,9-10,19H2,1-2H3. The van der Waals surface area contributed by atoms with E-state index < -0.39 is 0 Å². The molecule has 1 aliphatic rings. The highest BCUT2D eigenvalue weighted by Crippen LogP contribution is 2.35. The van der Waals surface area contributed by atoms with Gasteiger partial charge < -0.3 is 21.1 Å². The first-order chi connectivity index (χ1) is 10.6. The van der Waals surface area contributed by atoms with Crippen LogP contribution in [0.5, 0.6) is 5.75 Å². The number of aryl methyl sites for hydroxylation is 1. The van der Waals surface area contributed by atoms with Gasteiger partial charge in [0.1, 0.15) is 5.75 Å². The number of nitrogen functional groups attached to an aromatic ring is 1. The zero-order valence-corrected chi connectivity index (χ0v) is 13.2. The Morgan fingerprint density at radius 1 is 1.09 bits per heavy atom. The maximum absolute atomic E-state index is 9.88. The Morgan fingerprint density at radius 3 is 2.36 bits per heavy atom. The molecule has 0 bridgehead atoms. The van der Waals surface area contributed by atoms with Crippen LogP contribution in [-0.2, 0) is 0 Å². The number of nitrogens with two attached hydrogens (primary N) is 1. The summed E-state index contributed by atoms with van der Waals surface area (Å²) in [5.41, 5.74) is 11.3. The van der Waals surface area contributed by atoms with E-state index >= 15 is 0 Å². The first kappa shape index (κ1) is 14.6. The second kappa shape index (κ2) is 5.79. The number of hydrogen-bond acceptors (Lipinski definition) is 4.